The van der Waals surface area contributed by atoms with Crippen molar-refractivity contribution < 1.29 is 4.74 Å². The Labute approximate surface area is 117 Å². The van der Waals surface area contributed by atoms with E-state index in [1.165, 1.54) is 11.7 Å². The molecular weight excluding hydrogens is 256 g/mol. The van der Waals surface area contributed by atoms with E-state index in [1.807, 2.05) is 30.3 Å². The number of hydrogen-bond acceptors (Lipinski definition) is 5. The molecule has 2 rings (SSSR count). The summed E-state index contributed by atoms with van der Waals surface area (Å²) < 4.78 is 6.33. The summed E-state index contributed by atoms with van der Waals surface area (Å²) in [4.78, 5) is 16.2. The smallest absolute Gasteiger partial charge is 0.300 e. The van der Waals surface area contributed by atoms with E-state index >= 15 is 0 Å². The van der Waals surface area contributed by atoms with E-state index in [4.69, 9.17) is 10.5 Å². The van der Waals surface area contributed by atoms with Crippen LogP contribution in [0.25, 0.3) is 0 Å². The number of aromatic nitrogens is 2. The molecule has 0 bridgehead atoms. The molecule has 2 aromatic rings. The van der Waals surface area contributed by atoms with Crippen LogP contribution in [0.5, 0.6) is 6.01 Å². The first-order valence-electron chi connectivity index (χ1n) is 6.27. The number of ether oxygens (including phenoxy) is 1. The molecule has 106 valence electrons. The highest BCUT2D eigenvalue weighted by molar-refractivity contribution is 5.39. The van der Waals surface area contributed by atoms with E-state index < -0.39 is 0 Å². The minimum absolute atomic E-state index is 0.199. The molecule has 0 saturated carbocycles. The predicted molar refractivity (Wildman–Crippen MR) is 77.4 cm³/mol. The monoisotopic (exact) mass is 274 g/mol. The highest BCUT2D eigenvalue weighted by atomic mass is 16.5. The lowest BCUT2D eigenvalue weighted by Crippen LogP contribution is -2.29. The first-order valence-corrected chi connectivity index (χ1v) is 6.27. The van der Waals surface area contributed by atoms with Gasteiger partial charge in [-0.25, -0.2) is 0 Å². The summed E-state index contributed by atoms with van der Waals surface area (Å²) in [5.74, 6) is 0.200. The molecule has 3 N–H and O–H groups in total. The fraction of sp³-hybridized carbons (Fsp3) is 0.286. The van der Waals surface area contributed by atoms with Gasteiger partial charge in [-0.05, 0) is 5.56 Å². The van der Waals surface area contributed by atoms with Gasteiger partial charge in [0.05, 0.1) is 12.7 Å². The second-order valence-electron chi connectivity index (χ2n) is 4.42. The van der Waals surface area contributed by atoms with Crippen LogP contribution in [0.15, 0.2) is 35.1 Å². The number of rotatable bonds is 5. The van der Waals surface area contributed by atoms with Gasteiger partial charge in [-0.1, -0.05) is 30.3 Å². The average Bonchev–Trinajstić information content (AvgIpc) is 2.47. The first kappa shape index (κ1) is 14.1. The third-order valence-electron chi connectivity index (χ3n) is 3.03. The number of nitrogens with zero attached hydrogens (tertiary/aromatic N) is 2. The van der Waals surface area contributed by atoms with Crippen LogP contribution in [0.1, 0.15) is 11.1 Å². The molecular formula is C14H18N4O2. The van der Waals surface area contributed by atoms with E-state index in [2.05, 4.69) is 10.3 Å². The number of benzene rings is 1. The third kappa shape index (κ3) is 2.97. The largest absolute Gasteiger partial charge is 0.468 e. The van der Waals surface area contributed by atoms with Gasteiger partial charge < -0.3 is 15.8 Å². The zero-order valence-electron chi connectivity index (χ0n) is 11.6. The van der Waals surface area contributed by atoms with Crippen LogP contribution in [0, 0.1) is 0 Å². The number of hydrogen-bond donors (Lipinski definition) is 2. The zero-order valence-corrected chi connectivity index (χ0v) is 11.6. The molecule has 20 heavy (non-hydrogen) atoms. The number of anilines is 1. The van der Waals surface area contributed by atoms with Crippen LogP contribution in [0.3, 0.4) is 0 Å². The average molecular weight is 274 g/mol. The molecule has 0 radical (unpaired) electrons. The van der Waals surface area contributed by atoms with Crippen molar-refractivity contribution in [2.75, 3.05) is 12.8 Å². The van der Waals surface area contributed by atoms with Crippen LogP contribution in [-0.4, -0.2) is 16.7 Å². The normalized spacial score (nSPS) is 10.5. The summed E-state index contributed by atoms with van der Waals surface area (Å²) in [5.41, 5.74) is 7.19. The number of nitrogens with one attached hydrogen (secondary N) is 1. The van der Waals surface area contributed by atoms with Crippen LogP contribution in [0.2, 0.25) is 0 Å². The molecule has 6 nitrogen and oxygen atoms in total. The maximum atomic E-state index is 12.1. The van der Waals surface area contributed by atoms with Crippen molar-refractivity contribution in [1.82, 2.24) is 14.9 Å². The maximum Gasteiger partial charge on any atom is 0.300 e. The van der Waals surface area contributed by atoms with Gasteiger partial charge >= 0.3 is 6.01 Å². The van der Waals surface area contributed by atoms with Gasteiger partial charge in [0.15, 0.2) is 0 Å². The molecule has 0 aliphatic heterocycles. The molecule has 0 amide bonds. The van der Waals surface area contributed by atoms with Crippen molar-refractivity contribution in [3.8, 4) is 6.01 Å². The quantitative estimate of drug-likeness (QED) is 0.837. The molecule has 1 aromatic carbocycles. The number of nitrogen functional groups attached to an aromatic ring is 1. The van der Waals surface area contributed by atoms with Crippen molar-refractivity contribution in [2.45, 2.75) is 13.1 Å². The highest BCUT2D eigenvalue weighted by Crippen LogP contribution is 2.09. The van der Waals surface area contributed by atoms with Crippen molar-refractivity contribution in [1.29, 1.82) is 0 Å². The Kier molecular flexibility index (Phi) is 4.37. The summed E-state index contributed by atoms with van der Waals surface area (Å²) in [6.07, 6.45) is 0. The lowest BCUT2D eigenvalue weighted by atomic mass is 10.2. The van der Waals surface area contributed by atoms with Crippen molar-refractivity contribution in [3.05, 3.63) is 51.8 Å². The van der Waals surface area contributed by atoms with Crippen molar-refractivity contribution in [2.24, 2.45) is 7.05 Å². The lowest BCUT2D eigenvalue weighted by Gasteiger charge is -2.11. The molecule has 1 aromatic heterocycles. The van der Waals surface area contributed by atoms with Gasteiger partial charge in [-0.15, -0.1) is 0 Å². The second kappa shape index (κ2) is 6.21. The Hall–Kier alpha value is -2.34. The Bertz CT molecular complexity index is 638. The molecule has 0 spiro atoms. The van der Waals surface area contributed by atoms with Gasteiger partial charge in [0.25, 0.3) is 5.56 Å². The van der Waals surface area contributed by atoms with E-state index in [9.17, 15) is 4.79 Å². The topological polar surface area (TPSA) is 82.2 Å². The van der Waals surface area contributed by atoms with E-state index in [1.54, 1.807) is 7.05 Å². The number of nitrogens with two attached hydrogens (primary N) is 1. The fourth-order valence-corrected chi connectivity index (χ4v) is 1.92. The summed E-state index contributed by atoms with van der Waals surface area (Å²) in [6.45, 7) is 1.03. The number of methoxy groups -OCH3 is 1. The fourth-order valence-electron chi connectivity index (χ4n) is 1.92. The van der Waals surface area contributed by atoms with Gasteiger partial charge in [-0.3, -0.25) is 9.36 Å². The predicted octanol–water partition coefficient (Wildman–Crippen LogP) is 0.661. The molecule has 6 heteroatoms. The van der Waals surface area contributed by atoms with E-state index in [0.29, 0.717) is 18.7 Å². The molecule has 0 aliphatic rings. The minimum Gasteiger partial charge on any atom is -0.468 e. The highest BCUT2D eigenvalue weighted by Gasteiger charge is 2.12. The summed E-state index contributed by atoms with van der Waals surface area (Å²) in [7, 11) is 3.06. The first-order chi connectivity index (χ1) is 9.63. The molecule has 0 saturated heterocycles. The summed E-state index contributed by atoms with van der Waals surface area (Å²) in [6, 6.07) is 10.1. The zero-order chi connectivity index (χ0) is 14.5. The Morgan fingerprint density at radius 2 is 2.00 bits per heavy atom. The van der Waals surface area contributed by atoms with Gasteiger partial charge in [0.2, 0.25) is 0 Å². The summed E-state index contributed by atoms with van der Waals surface area (Å²) >= 11 is 0. The van der Waals surface area contributed by atoms with Crippen molar-refractivity contribution in [3.63, 3.8) is 0 Å². The lowest BCUT2D eigenvalue weighted by molar-refractivity contribution is 0.356. The molecule has 0 aliphatic carbocycles. The Balaban J connectivity index is 2.10. The van der Waals surface area contributed by atoms with Crippen LogP contribution < -0.4 is 21.3 Å². The summed E-state index contributed by atoms with van der Waals surface area (Å²) in [5, 5.41) is 3.19. The van der Waals surface area contributed by atoms with E-state index in [0.717, 1.165) is 5.56 Å². The maximum absolute atomic E-state index is 12.1. The molecule has 1 heterocycles. The van der Waals surface area contributed by atoms with E-state index in [-0.39, 0.29) is 17.4 Å². The van der Waals surface area contributed by atoms with Crippen LogP contribution in [-0.2, 0) is 20.1 Å². The molecule has 0 fully saturated rings. The second-order valence-corrected chi connectivity index (χ2v) is 4.42. The van der Waals surface area contributed by atoms with Gasteiger partial charge in [-0.2, -0.15) is 4.98 Å². The molecule has 0 atom stereocenters. The van der Waals surface area contributed by atoms with Crippen LogP contribution >= 0.6 is 0 Å². The van der Waals surface area contributed by atoms with Gasteiger partial charge in [0, 0.05) is 20.1 Å². The SMILES string of the molecule is COc1nc(N)c(CNCc2ccccc2)c(=O)n1C. The van der Waals surface area contributed by atoms with Crippen molar-refractivity contribution >= 4 is 5.82 Å². The standard InChI is InChI=1S/C14H18N4O2/c1-18-13(19)11(12(15)17-14(18)20-2)9-16-8-10-6-4-3-5-7-10/h3-7,16H,8-9,15H2,1-2H3. The van der Waals surface area contributed by atoms with Crippen LogP contribution in [0.4, 0.5) is 5.82 Å². The molecule has 0 unspecified atom stereocenters. The van der Waals surface area contributed by atoms with Gasteiger partial charge in [0.1, 0.15) is 5.82 Å². The minimum atomic E-state index is -0.199. The Morgan fingerprint density at radius 3 is 2.65 bits per heavy atom. The Morgan fingerprint density at radius 1 is 1.30 bits per heavy atom. The third-order valence-corrected chi connectivity index (χ3v) is 3.03.